The van der Waals surface area contributed by atoms with Crippen LogP contribution in [0, 0.1) is 0 Å². The summed E-state index contributed by atoms with van der Waals surface area (Å²) >= 11 is 0. The Morgan fingerprint density at radius 3 is 2.41 bits per heavy atom. The SMILES string of the molecule is Nc1cccc(CNCCCNc2cnc(-c3ccccc3)c3nc(-c4nonc4N)n(C4CCCC4)c23)c1.O=C(O)C(F)(F)F. The Labute approximate surface area is 262 Å². The molecule has 0 radical (unpaired) electrons. The van der Waals surface area contributed by atoms with Gasteiger partial charge >= 0.3 is 12.1 Å². The van der Waals surface area contributed by atoms with E-state index < -0.39 is 12.1 Å². The second-order valence-corrected chi connectivity index (χ2v) is 10.8. The number of pyridine rings is 1. The number of imidazole rings is 1. The zero-order chi connectivity index (χ0) is 32.7. The molecule has 0 unspecified atom stereocenters. The standard InChI is InChI=1S/C29H33N9O.C2HF3O2/c30-21-11-6-8-19(16-21)17-32-14-7-15-33-23-18-34-24(20-9-2-1-3-10-20)25-27(23)38(22-12-4-5-13-22)29(35-25)26-28(31)37-39-36-26;3-2(4,5)1(6)7/h1-3,6,8-11,16,18,22,32-33H,4-5,7,12-15,17,30H2,(H2,31,37);(H,6,7). The maximum absolute atomic E-state index is 10.6. The molecular formula is C31H34F3N9O3. The van der Waals surface area contributed by atoms with E-state index >= 15 is 0 Å². The van der Waals surface area contributed by atoms with Crippen molar-refractivity contribution in [2.75, 3.05) is 29.9 Å². The van der Waals surface area contributed by atoms with Crippen molar-refractivity contribution in [2.45, 2.75) is 50.9 Å². The van der Waals surface area contributed by atoms with Gasteiger partial charge in [-0.25, -0.2) is 14.4 Å². The van der Waals surface area contributed by atoms with Crippen LogP contribution in [0.25, 0.3) is 33.8 Å². The summed E-state index contributed by atoms with van der Waals surface area (Å²) in [7, 11) is 0. The number of anilines is 3. The first-order valence-corrected chi connectivity index (χ1v) is 14.8. The van der Waals surface area contributed by atoms with E-state index in [9.17, 15) is 13.2 Å². The van der Waals surface area contributed by atoms with Gasteiger partial charge in [0.2, 0.25) is 0 Å². The van der Waals surface area contributed by atoms with Crippen LogP contribution in [0.2, 0.25) is 0 Å². The number of aromatic nitrogens is 5. The topological polar surface area (TPSA) is 183 Å². The highest BCUT2D eigenvalue weighted by molar-refractivity contribution is 5.99. The molecule has 1 aliphatic carbocycles. The minimum Gasteiger partial charge on any atom is -0.475 e. The van der Waals surface area contributed by atoms with Crippen molar-refractivity contribution in [3.63, 3.8) is 0 Å². The molecule has 7 N–H and O–H groups in total. The fourth-order valence-electron chi connectivity index (χ4n) is 5.45. The number of carbonyl (C=O) groups is 1. The van der Waals surface area contributed by atoms with Crippen molar-refractivity contribution in [3.8, 4) is 22.8 Å². The molecule has 242 valence electrons. The number of benzene rings is 2. The van der Waals surface area contributed by atoms with Crippen LogP contribution in [-0.4, -0.2) is 55.2 Å². The number of aliphatic carboxylic acids is 1. The molecule has 0 atom stereocenters. The van der Waals surface area contributed by atoms with Gasteiger partial charge in [0.25, 0.3) is 0 Å². The number of alkyl halides is 3. The number of rotatable bonds is 10. The van der Waals surface area contributed by atoms with Crippen molar-refractivity contribution in [2.24, 2.45) is 0 Å². The summed E-state index contributed by atoms with van der Waals surface area (Å²) in [6.45, 7) is 2.44. The first-order chi connectivity index (χ1) is 22.1. The third kappa shape index (κ3) is 7.54. The van der Waals surface area contributed by atoms with Gasteiger partial charge in [0.05, 0.1) is 23.1 Å². The van der Waals surface area contributed by atoms with Gasteiger partial charge < -0.3 is 31.8 Å². The van der Waals surface area contributed by atoms with Gasteiger partial charge in [0.1, 0.15) is 5.52 Å². The summed E-state index contributed by atoms with van der Waals surface area (Å²) in [5, 5.41) is 22.2. The van der Waals surface area contributed by atoms with E-state index in [4.69, 9.17) is 36.0 Å². The zero-order valence-electron chi connectivity index (χ0n) is 24.8. The lowest BCUT2D eigenvalue weighted by molar-refractivity contribution is -0.192. The Kier molecular flexibility index (Phi) is 10.0. The van der Waals surface area contributed by atoms with Gasteiger partial charge in [-0.1, -0.05) is 55.3 Å². The van der Waals surface area contributed by atoms with Crippen LogP contribution in [0.4, 0.5) is 30.4 Å². The largest absolute Gasteiger partial charge is 0.490 e. The van der Waals surface area contributed by atoms with Crippen LogP contribution in [0.5, 0.6) is 0 Å². The van der Waals surface area contributed by atoms with Crippen LogP contribution in [0.3, 0.4) is 0 Å². The Morgan fingerprint density at radius 1 is 1.02 bits per heavy atom. The van der Waals surface area contributed by atoms with E-state index in [0.29, 0.717) is 11.5 Å². The highest BCUT2D eigenvalue weighted by Crippen LogP contribution is 2.41. The molecule has 0 saturated heterocycles. The summed E-state index contributed by atoms with van der Waals surface area (Å²) < 4.78 is 39.0. The van der Waals surface area contributed by atoms with E-state index in [0.717, 1.165) is 72.6 Å². The number of halogens is 3. The lowest BCUT2D eigenvalue weighted by atomic mass is 10.1. The van der Waals surface area contributed by atoms with Crippen LogP contribution in [0.15, 0.2) is 65.4 Å². The fourth-order valence-corrected chi connectivity index (χ4v) is 5.45. The van der Waals surface area contributed by atoms with Crippen molar-refractivity contribution in [3.05, 3.63) is 66.4 Å². The van der Waals surface area contributed by atoms with Crippen LogP contribution in [-0.2, 0) is 11.3 Å². The van der Waals surface area contributed by atoms with Crippen molar-refractivity contribution in [1.29, 1.82) is 0 Å². The Morgan fingerprint density at radius 2 is 1.76 bits per heavy atom. The maximum atomic E-state index is 10.6. The first kappa shape index (κ1) is 32.2. The van der Waals surface area contributed by atoms with Gasteiger partial charge in [-0.3, -0.25) is 4.98 Å². The number of nitrogens with two attached hydrogens (primary N) is 2. The lowest BCUT2D eigenvalue weighted by Gasteiger charge is -2.18. The first-order valence-electron chi connectivity index (χ1n) is 14.8. The summed E-state index contributed by atoms with van der Waals surface area (Å²) in [6, 6.07) is 18.4. The molecule has 1 saturated carbocycles. The highest BCUT2D eigenvalue weighted by atomic mass is 19.4. The zero-order valence-corrected chi connectivity index (χ0v) is 24.8. The number of carboxylic acid groups (broad SMARTS) is 1. The average Bonchev–Trinajstić information content (AvgIpc) is 3.79. The Balaban J connectivity index is 0.000000537. The summed E-state index contributed by atoms with van der Waals surface area (Å²) in [5.41, 5.74) is 19.1. The molecule has 15 heteroatoms. The highest BCUT2D eigenvalue weighted by Gasteiger charge is 2.38. The van der Waals surface area contributed by atoms with Crippen molar-refractivity contribution >= 4 is 34.2 Å². The lowest BCUT2D eigenvalue weighted by Crippen LogP contribution is -2.21. The fraction of sp³-hybridized carbons (Fsp3) is 0.323. The monoisotopic (exact) mass is 637 g/mol. The van der Waals surface area contributed by atoms with Crippen LogP contribution in [0.1, 0.15) is 43.7 Å². The normalized spacial score (nSPS) is 13.5. The number of hydrogen-bond acceptors (Lipinski definition) is 10. The molecule has 2 aromatic carbocycles. The van der Waals surface area contributed by atoms with Gasteiger partial charge in [-0.05, 0) is 53.8 Å². The molecule has 12 nitrogen and oxygen atoms in total. The molecule has 1 fully saturated rings. The number of nitrogen functional groups attached to an aromatic ring is 2. The molecule has 0 aliphatic heterocycles. The van der Waals surface area contributed by atoms with Crippen LogP contribution < -0.4 is 22.1 Å². The van der Waals surface area contributed by atoms with E-state index in [1.807, 2.05) is 42.6 Å². The van der Waals surface area contributed by atoms with Gasteiger partial charge in [0.15, 0.2) is 17.3 Å². The van der Waals surface area contributed by atoms with Gasteiger partial charge in [0, 0.05) is 30.4 Å². The third-order valence-corrected chi connectivity index (χ3v) is 7.54. The van der Waals surface area contributed by atoms with Crippen LogP contribution >= 0.6 is 0 Å². The second-order valence-electron chi connectivity index (χ2n) is 10.8. The van der Waals surface area contributed by atoms with Gasteiger partial charge in [-0.15, -0.1) is 0 Å². The maximum Gasteiger partial charge on any atom is 0.490 e. The second kappa shape index (κ2) is 14.3. The third-order valence-electron chi connectivity index (χ3n) is 7.54. The number of hydrogen-bond donors (Lipinski definition) is 5. The molecule has 5 aromatic rings. The van der Waals surface area contributed by atoms with E-state index in [2.05, 4.69) is 43.7 Å². The van der Waals surface area contributed by atoms with E-state index in [1.165, 1.54) is 18.4 Å². The molecule has 46 heavy (non-hydrogen) atoms. The predicted molar refractivity (Wildman–Crippen MR) is 168 cm³/mol. The number of nitrogens with one attached hydrogen (secondary N) is 2. The van der Waals surface area contributed by atoms with E-state index in [1.54, 1.807) is 0 Å². The molecule has 6 rings (SSSR count). The Hall–Kier alpha value is -5.18. The molecule has 0 spiro atoms. The molecule has 0 amide bonds. The molecule has 3 aromatic heterocycles. The number of carboxylic acids is 1. The molecule has 1 aliphatic rings. The molecule has 0 bridgehead atoms. The number of fused-ring (bicyclic) bond motifs is 1. The number of nitrogens with zero attached hydrogens (tertiary/aromatic N) is 5. The average molecular weight is 638 g/mol. The van der Waals surface area contributed by atoms with E-state index in [-0.39, 0.29) is 11.9 Å². The Bertz CT molecular complexity index is 1770. The summed E-state index contributed by atoms with van der Waals surface area (Å²) in [6.07, 6.45) is 2.27. The smallest absolute Gasteiger partial charge is 0.475 e. The van der Waals surface area contributed by atoms with Crippen molar-refractivity contribution in [1.82, 2.24) is 30.2 Å². The summed E-state index contributed by atoms with van der Waals surface area (Å²) in [4.78, 5) is 18.9. The minimum absolute atomic E-state index is 0.236. The molecule has 3 heterocycles. The quantitative estimate of drug-likeness (QED) is 0.0942. The minimum atomic E-state index is -5.08. The summed E-state index contributed by atoms with van der Waals surface area (Å²) in [5.74, 6) is -1.85. The molecular weight excluding hydrogens is 603 g/mol. The predicted octanol–water partition coefficient (Wildman–Crippen LogP) is 5.65. The van der Waals surface area contributed by atoms with Gasteiger partial charge in [-0.2, -0.15) is 13.2 Å². The van der Waals surface area contributed by atoms with Crippen molar-refractivity contribution < 1.29 is 27.7 Å².